The van der Waals surface area contributed by atoms with Gasteiger partial charge in [0.25, 0.3) is 0 Å². The number of hydrogen-bond acceptors (Lipinski definition) is 8. The number of carboxylic acid groups (broad SMARTS) is 1. The second-order valence-corrected chi connectivity index (χ2v) is 7.30. The molecular weight excluding hydrogens is 416 g/mol. The van der Waals surface area contributed by atoms with Crippen molar-refractivity contribution in [1.29, 1.82) is 0 Å². The highest BCUT2D eigenvalue weighted by molar-refractivity contribution is 5.95. The van der Waals surface area contributed by atoms with E-state index in [2.05, 4.69) is 10.6 Å². The van der Waals surface area contributed by atoms with Gasteiger partial charge < -0.3 is 43.4 Å². The molecule has 0 rings (SSSR count). The maximum Gasteiger partial charge on any atom is 0.326 e. The van der Waals surface area contributed by atoms with Gasteiger partial charge in [0.1, 0.15) is 18.1 Å². The van der Waals surface area contributed by atoms with E-state index in [9.17, 15) is 33.9 Å². The summed E-state index contributed by atoms with van der Waals surface area (Å²) in [5.74, 6) is -6.64. The number of primary amides is 2. The van der Waals surface area contributed by atoms with Crippen molar-refractivity contribution < 1.29 is 39.0 Å². The van der Waals surface area contributed by atoms with Crippen LogP contribution in [0.5, 0.6) is 0 Å². The number of nitrogens with two attached hydrogens (primary N) is 3. The molecule has 5 amide bonds. The van der Waals surface area contributed by atoms with Crippen molar-refractivity contribution in [2.45, 2.75) is 63.9 Å². The third-order valence-corrected chi connectivity index (χ3v) is 4.09. The van der Waals surface area contributed by atoms with E-state index in [-0.39, 0.29) is 0 Å². The molecule has 31 heavy (non-hydrogen) atoms. The zero-order chi connectivity index (χ0) is 24.5. The first-order valence-corrected chi connectivity index (χ1v) is 9.31. The highest BCUT2D eigenvalue weighted by Gasteiger charge is 2.34. The zero-order valence-corrected chi connectivity index (χ0v) is 17.5. The minimum atomic E-state index is -1.67. The summed E-state index contributed by atoms with van der Waals surface area (Å²) in [5.41, 5.74) is 15.5. The van der Waals surface area contributed by atoms with Crippen molar-refractivity contribution in [3.05, 3.63) is 0 Å². The Hall–Kier alpha value is -3.26. The van der Waals surface area contributed by atoms with Crippen LogP contribution in [0, 0.1) is 5.92 Å². The van der Waals surface area contributed by atoms with Crippen molar-refractivity contribution in [2.24, 2.45) is 23.1 Å². The molecule has 0 aromatic rings. The van der Waals surface area contributed by atoms with E-state index >= 15 is 0 Å². The number of carboxylic acids is 1. The smallest absolute Gasteiger partial charge is 0.326 e. The predicted molar refractivity (Wildman–Crippen MR) is 106 cm³/mol. The number of aliphatic carboxylic acids is 1. The van der Waals surface area contributed by atoms with E-state index in [4.69, 9.17) is 22.3 Å². The SMILES string of the molecule is CC(C)C(NC(=O)C(N)CC(N)=O)C(=O)NC(C(=O)NC(CC(N)=O)C(=O)O)C(C)O. The van der Waals surface area contributed by atoms with E-state index in [0.29, 0.717) is 0 Å². The Kier molecular flexibility index (Phi) is 11.1. The van der Waals surface area contributed by atoms with Gasteiger partial charge in [0, 0.05) is 0 Å². The van der Waals surface area contributed by atoms with Gasteiger partial charge in [-0.2, -0.15) is 0 Å². The Labute approximate surface area is 178 Å². The first-order valence-electron chi connectivity index (χ1n) is 9.31. The van der Waals surface area contributed by atoms with Crippen molar-refractivity contribution in [3.63, 3.8) is 0 Å². The zero-order valence-electron chi connectivity index (χ0n) is 17.5. The summed E-state index contributed by atoms with van der Waals surface area (Å²) < 4.78 is 0. The summed E-state index contributed by atoms with van der Waals surface area (Å²) in [7, 11) is 0. The summed E-state index contributed by atoms with van der Waals surface area (Å²) in [6.07, 6.45) is -2.62. The quantitative estimate of drug-likeness (QED) is 0.136. The molecule has 0 aliphatic heterocycles. The van der Waals surface area contributed by atoms with Crippen LogP contribution in [0.15, 0.2) is 0 Å². The van der Waals surface area contributed by atoms with Gasteiger partial charge in [-0.25, -0.2) is 4.79 Å². The van der Waals surface area contributed by atoms with Crippen LogP contribution in [0.3, 0.4) is 0 Å². The molecule has 0 radical (unpaired) electrons. The van der Waals surface area contributed by atoms with Gasteiger partial charge in [-0.15, -0.1) is 0 Å². The van der Waals surface area contributed by atoms with Crippen molar-refractivity contribution in [2.75, 3.05) is 0 Å². The maximum absolute atomic E-state index is 12.6. The van der Waals surface area contributed by atoms with Gasteiger partial charge in [0.2, 0.25) is 29.5 Å². The molecule has 0 spiro atoms. The molecule has 0 aromatic carbocycles. The third-order valence-electron chi connectivity index (χ3n) is 4.09. The van der Waals surface area contributed by atoms with Crippen molar-refractivity contribution in [3.8, 4) is 0 Å². The lowest BCUT2D eigenvalue weighted by molar-refractivity contribution is -0.144. The Morgan fingerprint density at radius 3 is 1.61 bits per heavy atom. The normalized spacial score (nSPS) is 15.7. The molecule has 14 nitrogen and oxygen atoms in total. The Morgan fingerprint density at radius 2 is 1.23 bits per heavy atom. The average molecular weight is 446 g/mol. The molecule has 5 unspecified atom stereocenters. The molecule has 0 aliphatic rings. The number of amides is 5. The van der Waals surface area contributed by atoms with E-state index in [1.165, 1.54) is 6.92 Å². The highest BCUT2D eigenvalue weighted by Crippen LogP contribution is 2.05. The van der Waals surface area contributed by atoms with Crippen LogP contribution in [0.25, 0.3) is 0 Å². The van der Waals surface area contributed by atoms with Crippen LogP contribution in [-0.2, 0) is 28.8 Å². The van der Waals surface area contributed by atoms with Gasteiger partial charge in [0.05, 0.1) is 25.0 Å². The van der Waals surface area contributed by atoms with Crippen LogP contribution < -0.4 is 33.2 Å². The number of aliphatic hydroxyl groups is 1. The number of hydrogen-bond donors (Lipinski definition) is 8. The van der Waals surface area contributed by atoms with Crippen molar-refractivity contribution >= 4 is 35.5 Å². The molecule has 0 bridgehead atoms. The van der Waals surface area contributed by atoms with Gasteiger partial charge >= 0.3 is 5.97 Å². The second kappa shape index (κ2) is 12.4. The van der Waals surface area contributed by atoms with E-state index in [1.54, 1.807) is 13.8 Å². The van der Waals surface area contributed by atoms with E-state index in [1.807, 2.05) is 5.32 Å². The topological polar surface area (TPSA) is 257 Å². The van der Waals surface area contributed by atoms with Gasteiger partial charge in [-0.05, 0) is 12.8 Å². The molecule has 0 heterocycles. The number of nitrogens with one attached hydrogen (secondary N) is 3. The molecule has 14 heteroatoms. The predicted octanol–water partition coefficient (Wildman–Crippen LogP) is -4.36. The summed E-state index contributed by atoms with van der Waals surface area (Å²) in [4.78, 5) is 70.2. The Bertz CT molecular complexity index is 711. The highest BCUT2D eigenvalue weighted by atomic mass is 16.4. The maximum atomic E-state index is 12.6. The third kappa shape index (κ3) is 9.86. The minimum absolute atomic E-state index is 0.451. The monoisotopic (exact) mass is 446 g/mol. The van der Waals surface area contributed by atoms with Gasteiger partial charge in [0.15, 0.2) is 0 Å². The van der Waals surface area contributed by atoms with Crippen molar-refractivity contribution in [1.82, 2.24) is 16.0 Å². The fourth-order valence-corrected chi connectivity index (χ4v) is 2.42. The van der Waals surface area contributed by atoms with Gasteiger partial charge in [-0.3, -0.25) is 24.0 Å². The van der Waals surface area contributed by atoms with E-state index in [0.717, 1.165) is 0 Å². The fourth-order valence-electron chi connectivity index (χ4n) is 2.42. The molecule has 0 fully saturated rings. The fraction of sp³-hybridized carbons (Fsp3) is 0.647. The standard InChI is InChI=1S/C17H30N6O8/c1-6(2)12(22-14(27)8(18)4-10(19)25)15(28)23-13(7(3)24)16(29)21-9(17(30)31)5-11(20)26/h6-9,12-13,24H,4-5,18H2,1-3H3,(H2,19,25)(H2,20,26)(H,21,29)(H,22,27)(H,23,28)(H,30,31). The lowest BCUT2D eigenvalue weighted by atomic mass is 10.0. The molecule has 0 aliphatic carbocycles. The lowest BCUT2D eigenvalue weighted by Crippen LogP contribution is -2.61. The Balaban J connectivity index is 5.38. The molecule has 5 atom stereocenters. The van der Waals surface area contributed by atoms with Crippen LogP contribution in [0.1, 0.15) is 33.6 Å². The number of aliphatic hydroxyl groups excluding tert-OH is 1. The van der Waals surface area contributed by atoms with Crippen LogP contribution in [-0.4, -0.2) is 76.0 Å². The average Bonchev–Trinajstić information content (AvgIpc) is 2.61. The van der Waals surface area contributed by atoms with Gasteiger partial charge in [-0.1, -0.05) is 13.8 Å². The van der Waals surface area contributed by atoms with Crippen LogP contribution in [0.4, 0.5) is 0 Å². The Morgan fingerprint density at radius 1 is 0.774 bits per heavy atom. The molecule has 0 saturated carbocycles. The molecular formula is C17H30N6O8. The first-order chi connectivity index (χ1) is 14.2. The molecule has 0 aromatic heterocycles. The summed E-state index contributed by atoms with van der Waals surface area (Å²) in [6, 6.07) is -5.79. The lowest BCUT2D eigenvalue weighted by Gasteiger charge is -2.27. The first kappa shape index (κ1) is 27.7. The number of carbonyl (C=O) groups is 6. The largest absolute Gasteiger partial charge is 0.480 e. The summed E-state index contributed by atoms with van der Waals surface area (Å²) >= 11 is 0. The number of carbonyl (C=O) groups excluding carboxylic acids is 5. The molecule has 11 N–H and O–H groups in total. The summed E-state index contributed by atoms with van der Waals surface area (Å²) in [5, 5.41) is 25.5. The van der Waals surface area contributed by atoms with Crippen LogP contribution >= 0.6 is 0 Å². The second-order valence-electron chi connectivity index (χ2n) is 7.30. The van der Waals surface area contributed by atoms with Crippen LogP contribution in [0.2, 0.25) is 0 Å². The minimum Gasteiger partial charge on any atom is -0.480 e. The summed E-state index contributed by atoms with van der Waals surface area (Å²) in [6.45, 7) is 4.32. The molecule has 176 valence electrons. The van der Waals surface area contributed by atoms with E-state index < -0.39 is 84.5 Å². The molecule has 0 saturated heterocycles. The number of rotatable bonds is 13.